The van der Waals surface area contributed by atoms with Gasteiger partial charge in [0.05, 0.1) is 5.56 Å². The van der Waals surface area contributed by atoms with Gasteiger partial charge in [-0.3, -0.25) is 0 Å². The highest BCUT2D eigenvalue weighted by molar-refractivity contribution is 7.17. The van der Waals surface area contributed by atoms with Gasteiger partial charge in [-0.25, -0.2) is 4.79 Å². The third-order valence-corrected chi connectivity index (χ3v) is 3.25. The Morgan fingerprint density at radius 2 is 2.22 bits per heavy atom. The number of nitrogens with zero attached hydrogens (tertiary/aromatic N) is 2. The molecule has 0 spiro atoms. The Balaban J connectivity index is 2.84. The number of esters is 1. The lowest BCUT2D eigenvalue weighted by atomic mass is 10.2. The summed E-state index contributed by atoms with van der Waals surface area (Å²) in [5.41, 5.74) is 6.83. The first kappa shape index (κ1) is 13.8. The van der Waals surface area contributed by atoms with Gasteiger partial charge in [0.1, 0.15) is 17.1 Å². The van der Waals surface area contributed by atoms with Crippen molar-refractivity contribution in [3.05, 3.63) is 22.1 Å². The van der Waals surface area contributed by atoms with E-state index in [-0.39, 0.29) is 0 Å². The first-order valence-electron chi connectivity index (χ1n) is 5.06. The molecular formula is C12H11N3O2S. The minimum Gasteiger partial charge on any atom is -0.444 e. The second kappa shape index (κ2) is 5.85. The Labute approximate surface area is 109 Å². The zero-order valence-corrected chi connectivity index (χ0v) is 10.7. The number of ether oxygens (including phenoxy) is 1. The smallest absolute Gasteiger partial charge is 0.332 e. The van der Waals surface area contributed by atoms with Crippen LogP contribution < -0.4 is 5.73 Å². The predicted molar refractivity (Wildman–Crippen MR) is 68.4 cm³/mol. The van der Waals surface area contributed by atoms with Gasteiger partial charge in [0.15, 0.2) is 6.10 Å². The fraction of sp³-hybridized carbons (Fsp3) is 0.250. The SMILES string of the molecule is Cc1c(/C=C/C(=O)OC(C)C#N)sc(N)c1C#N. The topological polar surface area (TPSA) is 99.9 Å². The van der Waals surface area contributed by atoms with Crippen LogP contribution in [0.4, 0.5) is 5.00 Å². The molecule has 0 bridgehead atoms. The van der Waals surface area contributed by atoms with Crippen molar-refractivity contribution < 1.29 is 9.53 Å². The van der Waals surface area contributed by atoms with Crippen LogP contribution in [-0.4, -0.2) is 12.1 Å². The highest BCUT2D eigenvalue weighted by Gasteiger charge is 2.11. The molecule has 0 amide bonds. The summed E-state index contributed by atoms with van der Waals surface area (Å²) in [6.45, 7) is 3.24. The van der Waals surface area contributed by atoms with Gasteiger partial charge in [-0.1, -0.05) is 0 Å². The number of nitriles is 2. The quantitative estimate of drug-likeness (QED) is 0.662. The zero-order chi connectivity index (χ0) is 13.7. The molecule has 1 heterocycles. The summed E-state index contributed by atoms with van der Waals surface area (Å²) in [6, 6.07) is 3.80. The maximum atomic E-state index is 11.3. The molecule has 6 heteroatoms. The molecule has 2 N–H and O–H groups in total. The van der Waals surface area contributed by atoms with Gasteiger partial charge in [0, 0.05) is 11.0 Å². The Bertz CT molecular complexity index is 575. The zero-order valence-electron chi connectivity index (χ0n) is 9.93. The van der Waals surface area contributed by atoms with Crippen LogP contribution in [0.5, 0.6) is 0 Å². The summed E-state index contributed by atoms with van der Waals surface area (Å²) in [6.07, 6.45) is 1.96. The monoisotopic (exact) mass is 261 g/mol. The average Bonchev–Trinajstić information content (AvgIpc) is 2.61. The number of nitrogens with two attached hydrogens (primary N) is 1. The van der Waals surface area contributed by atoms with Crippen molar-refractivity contribution in [2.24, 2.45) is 0 Å². The number of hydrogen-bond acceptors (Lipinski definition) is 6. The number of carbonyl (C=O) groups is 1. The van der Waals surface area contributed by atoms with E-state index in [1.165, 1.54) is 30.4 Å². The first-order valence-corrected chi connectivity index (χ1v) is 5.88. The van der Waals surface area contributed by atoms with Crippen molar-refractivity contribution in [1.82, 2.24) is 0 Å². The van der Waals surface area contributed by atoms with E-state index in [4.69, 9.17) is 21.0 Å². The second-order valence-corrected chi connectivity index (χ2v) is 4.57. The van der Waals surface area contributed by atoms with Gasteiger partial charge in [-0.15, -0.1) is 11.3 Å². The molecule has 1 atom stereocenters. The number of carbonyl (C=O) groups excluding carboxylic acids is 1. The van der Waals surface area contributed by atoms with Crippen molar-refractivity contribution >= 4 is 28.4 Å². The van der Waals surface area contributed by atoms with E-state index in [0.29, 0.717) is 10.6 Å². The van der Waals surface area contributed by atoms with Gasteiger partial charge in [0.2, 0.25) is 0 Å². The van der Waals surface area contributed by atoms with Crippen LogP contribution in [0.2, 0.25) is 0 Å². The van der Waals surface area contributed by atoms with E-state index in [1.54, 1.807) is 13.0 Å². The Hall–Kier alpha value is -2.31. The van der Waals surface area contributed by atoms with E-state index in [9.17, 15) is 4.79 Å². The molecule has 0 aliphatic carbocycles. The molecule has 92 valence electrons. The van der Waals surface area contributed by atoms with Gasteiger partial charge >= 0.3 is 5.97 Å². The molecule has 1 unspecified atom stereocenters. The lowest BCUT2D eigenvalue weighted by molar-refractivity contribution is -0.139. The highest BCUT2D eigenvalue weighted by atomic mass is 32.1. The molecule has 0 fully saturated rings. The highest BCUT2D eigenvalue weighted by Crippen LogP contribution is 2.30. The maximum Gasteiger partial charge on any atom is 0.332 e. The summed E-state index contributed by atoms with van der Waals surface area (Å²) in [7, 11) is 0. The third-order valence-electron chi connectivity index (χ3n) is 2.17. The molecule has 0 aromatic carbocycles. The van der Waals surface area contributed by atoms with Gasteiger partial charge in [0.25, 0.3) is 0 Å². The number of thiophene rings is 1. The predicted octanol–water partition coefficient (Wildman–Crippen LogP) is 1.98. The Kier molecular flexibility index (Phi) is 4.47. The van der Waals surface area contributed by atoms with E-state index < -0.39 is 12.1 Å². The van der Waals surface area contributed by atoms with Crippen molar-refractivity contribution in [3.63, 3.8) is 0 Å². The number of hydrogen-bond donors (Lipinski definition) is 1. The molecule has 5 nitrogen and oxygen atoms in total. The number of nitrogen functional groups attached to an aromatic ring is 1. The summed E-state index contributed by atoms with van der Waals surface area (Å²) in [5.74, 6) is -0.603. The van der Waals surface area contributed by atoms with E-state index in [2.05, 4.69) is 0 Å². The Morgan fingerprint density at radius 3 is 2.72 bits per heavy atom. The van der Waals surface area contributed by atoms with Gasteiger partial charge < -0.3 is 10.5 Å². The van der Waals surface area contributed by atoms with Crippen LogP contribution in [0.25, 0.3) is 6.08 Å². The minimum atomic E-state index is -0.786. The summed E-state index contributed by atoms with van der Waals surface area (Å²) in [4.78, 5) is 12.0. The lowest BCUT2D eigenvalue weighted by Crippen LogP contribution is -2.10. The van der Waals surface area contributed by atoms with Crippen LogP contribution in [-0.2, 0) is 9.53 Å². The minimum absolute atomic E-state index is 0.424. The maximum absolute atomic E-state index is 11.3. The van der Waals surface area contributed by atoms with Gasteiger partial charge in [-0.05, 0) is 25.5 Å². The average molecular weight is 261 g/mol. The molecule has 1 aromatic heterocycles. The van der Waals surface area contributed by atoms with E-state index >= 15 is 0 Å². The molecule has 0 radical (unpaired) electrons. The van der Waals surface area contributed by atoms with E-state index in [0.717, 1.165) is 10.4 Å². The van der Waals surface area contributed by atoms with Crippen LogP contribution >= 0.6 is 11.3 Å². The van der Waals surface area contributed by atoms with Crippen molar-refractivity contribution in [2.75, 3.05) is 5.73 Å². The molecule has 0 aliphatic rings. The third kappa shape index (κ3) is 3.09. The number of rotatable bonds is 3. The Morgan fingerprint density at radius 1 is 1.56 bits per heavy atom. The fourth-order valence-corrected chi connectivity index (χ4v) is 2.16. The normalized spacial score (nSPS) is 11.8. The van der Waals surface area contributed by atoms with E-state index in [1.807, 2.05) is 6.07 Å². The van der Waals surface area contributed by atoms with Crippen LogP contribution in [0.1, 0.15) is 22.9 Å². The molecule has 0 saturated carbocycles. The molecule has 18 heavy (non-hydrogen) atoms. The lowest BCUT2D eigenvalue weighted by Gasteiger charge is -2.01. The van der Waals surface area contributed by atoms with Crippen molar-refractivity contribution in [1.29, 1.82) is 10.5 Å². The molecule has 0 saturated heterocycles. The molecule has 1 aromatic rings. The molecule has 0 aliphatic heterocycles. The van der Waals surface area contributed by atoms with Crippen LogP contribution in [0.3, 0.4) is 0 Å². The van der Waals surface area contributed by atoms with Crippen molar-refractivity contribution in [2.45, 2.75) is 20.0 Å². The number of anilines is 1. The standard InChI is InChI=1S/C12H11N3O2S/c1-7(5-13)17-11(16)4-3-10-8(2)9(6-14)12(15)18-10/h3-4,7H,15H2,1-2H3/b4-3+. The van der Waals surface area contributed by atoms with Crippen LogP contribution in [0, 0.1) is 29.6 Å². The van der Waals surface area contributed by atoms with Crippen LogP contribution in [0.15, 0.2) is 6.08 Å². The summed E-state index contributed by atoms with van der Waals surface area (Å²) < 4.78 is 4.75. The molecular weight excluding hydrogens is 250 g/mol. The second-order valence-electron chi connectivity index (χ2n) is 3.48. The van der Waals surface area contributed by atoms with Gasteiger partial charge in [-0.2, -0.15) is 10.5 Å². The molecule has 1 rings (SSSR count). The fourth-order valence-electron chi connectivity index (χ4n) is 1.24. The first-order chi connectivity index (χ1) is 8.49. The summed E-state index contributed by atoms with van der Waals surface area (Å²) in [5, 5.41) is 17.8. The summed E-state index contributed by atoms with van der Waals surface area (Å²) >= 11 is 1.23. The van der Waals surface area contributed by atoms with Crippen molar-refractivity contribution in [3.8, 4) is 12.1 Å². The largest absolute Gasteiger partial charge is 0.444 e.